The van der Waals surface area contributed by atoms with E-state index in [-0.39, 0.29) is 10.8 Å². The van der Waals surface area contributed by atoms with Crippen molar-refractivity contribution in [1.82, 2.24) is 0 Å². The average Bonchev–Trinajstić information content (AvgIpc) is 2.36. The quantitative estimate of drug-likeness (QED) is 0.443. The fraction of sp³-hybridized carbons (Fsp3) is 0.455. The molecule has 11 heteroatoms. The van der Waals surface area contributed by atoms with E-state index < -0.39 is 19.0 Å². The number of ether oxygens (including phenoxy) is 1. The molecule has 1 unspecified atom stereocenters. The van der Waals surface area contributed by atoms with Crippen molar-refractivity contribution in [3.8, 4) is 5.75 Å². The summed E-state index contributed by atoms with van der Waals surface area (Å²) < 4.78 is 23.5. The largest absolute Gasteiger partial charge is 0.434 e. The lowest BCUT2D eigenvalue weighted by molar-refractivity contribution is 0.164. The molecular formula is C11H16Cl2O5P2S2. The lowest BCUT2D eigenvalue weighted by Gasteiger charge is -2.21. The van der Waals surface area contributed by atoms with Crippen molar-refractivity contribution in [3.05, 3.63) is 28.2 Å². The minimum absolute atomic E-state index is 0.154. The minimum Gasteiger partial charge on any atom is -0.434 e. The molecule has 1 atom stereocenters. The fourth-order valence-corrected chi connectivity index (χ4v) is 10.9. The maximum atomic E-state index is 12.8. The van der Waals surface area contributed by atoms with Crippen molar-refractivity contribution in [2.24, 2.45) is 0 Å². The van der Waals surface area contributed by atoms with Gasteiger partial charge in [-0.3, -0.25) is 4.57 Å². The van der Waals surface area contributed by atoms with Crippen LogP contribution in [0.3, 0.4) is 0 Å². The highest BCUT2D eigenvalue weighted by molar-refractivity contribution is 8.58. The van der Waals surface area contributed by atoms with E-state index in [4.69, 9.17) is 32.5 Å². The van der Waals surface area contributed by atoms with Gasteiger partial charge in [0.1, 0.15) is 11.7 Å². The van der Waals surface area contributed by atoms with Crippen LogP contribution in [0.2, 0.25) is 10.0 Å². The first-order valence-corrected chi connectivity index (χ1v) is 13.2. The summed E-state index contributed by atoms with van der Waals surface area (Å²) in [5, 5.41) is 0.591. The SMILES string of the molecule is CCOCCSP(=O)(CP(O)(O)=S)Oc1ccc(Cl)cc1Cl. The summed E-state index contributed by atoms with van der Waals surface area (Å²) >= 11 is 17.3. The summed E-state index contributed by atoms with van der Waals surface area (Å²) in [5.41, 5.74) is 0. The van der Waals surface area contributed by atoms with Crippen LogP contribution in [0.4, 0.5) is 0 Å². The average molecular weight is 425 g/mol. The van der Waals surface area contributed by atoms with Crippen molar-refractivity contribution in [2.45, 2.75) is 6.92 Å². The van der Waals surface area contributed by atoms with E-state index in [9.17, 15) is 14.4 Å². The smallest absolute Gasteiger partial charge is 0.312 e. The summed E-state index contributed by atoms with van der Waals surface area (Å²) in [7, 11) is 0. The molecule has 0 spiro atoms. The standard InChI is InChI=1S/C11H16Cl2O5P2S2/c1-2-17-5-6-22-20(16,8-19(14,15)21)18-11-4-3-9(12)7-10(11)13/h3-4,7H,2,5-6,8H2,1H3,(H2,14,15,21). The van der Waals surface area contributed by atoms with Crippen molar-refractivity contribution in [1.29, 1.82) is 0 Å². The van der Waals surface area contributed by atoms with Crippen LogP contribution in [0.1, 0.15) is 6.92 Å². The molecule has 126 valence electrons. The highest BCUT2D eigenvalue weighted by atomic mass is 35.5. The molecule has 0 aromatic heterocycles. The van der Waals surface area contributed by atoms with Gasteiger partial charge in [0.15, 0.2) is 6.49 Å². The molecule has 1 aromatic rings. The van der Waals surface area contributed by atoms with E-state index >= 15 is 0 Å². The van der Waals surface area contributed by atoms with Gasteiger partial charge in [-0.25, -0.2) is 0 Å². The highest BCUT2D eigenvalue weighted by Crippen LogP contribution is 2.66. The molecule has 22 heavy (non-hydrogen) atoms. The molecule has 0 saturated heterocycles. The van der Waals surface area contributed by atoms with Crippen LogP contribution in [0.25, 0.3) is 0 Å². The third-order valence-corrected chi connectivity index (χ3v) is 10.8. The summed E-state index contributed by atoms with van der Waals surface area (Å²) in [6.45, 7) is -4.44. The summed E-state index contributed by atoms with van der Waals surface area (Å²) in [6, 6.07) is 4.45. The van der Waals surface area contributed by atoms with Gasteiger partial charge in [-0.15, -0.1) is 0 Å². The molecule has 0 aliphatic rings. The Labute approximate surface area is 148 Å². The third kappa shape index (κ3) is 8.00. The maximum Gasteiger partial charge on any atom is 0.312 e. The zero-order valence-corrected chi connectivity index (χ0v) is 16.6. The van der Waals surface area contributed by atoms with Gasteiger partial charge < -0.3 is 19.0 Å². The van der Waals surface area contributed by atoms with Crippen LogP contribution in [-0.4, -0.2) is 34.7 Å². The van der Waals surface area contributed by atoms with E-state index in [2.05, 4.69) is 11.8 Å². The second-order valence-corrected chi connectivity index (χ2v) is 13.7. The Kier molecular flexibility index (Phi) is 8.74. The van der Waals surface area contributed by atoms with Gasteiger partial charge in [0.05, 0.1) is 11.6 Å². The van der Waals surface area contributed by atoms with Crippen LogP contribution in [0.15, 0.2) is 18.2 Å². The molecular weight excluding hydrogens is 409 g/mol. The highest BCUT2D eigenvalue weighted by Gasteiger charge is 2.32. The molecule has 0 aliphatic heterocycles. The Balaban J connectivity index is 2.89. The Hall–Kier alpha value is 0.710. The van der Waals surface area contributed by atoms with Crippen molar-refractivity contribution < 1.29 is 23.6 Å². The van der Waals surface area contributed by atoms with Gasteiger partial charge >= 0.3 is 6.57 Å². The molecule has 2 N–H and O–H groups in total. The summed E-state index contributed by atoms with van der Waals surface area (Å²) in [6.07, 6.45) is 0. The Morgan fingerprint density at radius 3 is 2.59 bits per heavy atom. The molecule has 1 aromatic carbocycles. The maximum absolute atomic E-state index is 12.8. The number of rotatable bonds is 9. The van der Waals surface area contributed by atoms with E-state index in [1.54, 1.807) is 0 Å². The fourth-order valence-electron chi connectivity index (χ4n) is 1.40. The third-order valence-electron chi connectivity index (χ3n) is 2.21. The predicted octanol–water partition coefficient (Wildman–Crippen LogP) is 4.59. The lowest BCUT2D eigenvalue weighted by Crippen LogP contribution is -2.01. The minimum atomic E-state index is -3.69. The number of halogens is 2. The molecule has 0 amide bonds. The topological polar surface area (TPSA) is 76.0 Å². The van der Waals surface area contributed by atoms with Gasteiger partial charge in [-0.05, 0) is 36.9 Å². The summed E-state index contributed by atoms with van der Waals surface area (Å²) in [5.74, 6) is 0.0123. The van der Waals surface area contributed by atoms with E-state index in [1.807, 2.05) is 6.92 Å². The van der Waals surface area contributed by atoms with Crippen molar-refractivity contribution >= 4 is 59.5 Å². The van der Waals surface area contributed by atoms with Crippen molar-refractivity contribution in [3.63, 3.8) is 0 Å². The zero-order valence-electron chi connectivity index (χ0n) is 11.6. The molecule has 1 rings (SSSR count). The molecule has 0 radical (unpaired) electrons. The lowest BCUT2D eigenvalue weighted by atomic mass is 10.3. The zero-order chi connectivity index (χ0) is 16.8. The van der Waals surface area contributed by atoms with Crippen LogP contribution >= 0.6 is 47.6 Å². The van der Waals surface area contributed by atoms with Gasteiger partial charge in [0.25, 0.3) is 0 Å². The molecule has 5 nitrogen and oxygen atoms in total. The second-order valence-electron chi connectivity index (χ2n) is 4.11. The van der Waals surface area contributed by atoms with Gasteiger partial charge in [0.2, 0.25) is 0 Å². The van der Waals surface area contributed by atoms with E-state index in [0.717, 1.165) is 11.4 Å². The van der Waals surface area contributed by atoms with E-state index in [1.165, 1.54) is 18.2 Å². The van der Waals surface area contributed by atoms with Crippen LogP contribution in [0, 0.1) is 0 Å². The van der Waals surface area contributed by atoms with Gasteiger partial charge in [-0.2, -0.15) is 0 Å². The first-order valence-electron chi connectivity index (χ1n) is 6.16. The molecule has 0 fully saturated rings. The van der Waals surface area contributed by atoms with Gasteiger partial charge in [-0.1, -0.05) is 34.6 Å². The summed E-state index contributed by atoms with van der Waals surface area (Å²) in [4.78, 5) is 19.0. The number of benzene rings is 1. The number of hydrogen-bond donors (Lipinski definition) is 2. The molecule has 0 aliphatic carbocycles. The first kappa shape index (κ1) is 20.8. The Bertz CT molecular complexity index is 596. The predicted molar refractivity (Wildman–Crippen MR) is 97.2 cm³/mol. The van der Waals surface area contributed by atoms with Crippen LogP contribution in [-0.2, 0) is 21.1 Å². The van der Waals surface area contributed by atoms with E-state index in [0.29, 0.717) is 24.0 Å². The Morgan fingerprint density at radius 1 is 1.36 bits per heavy atom. The van der Waals surface area contributed by atoms with Gasteiger partial charge in [0, 0.05) is 17.4 Å². The van der Waals surface area contributed by atoms with Crippen LogP contribution < -0.4 is 4.52 Å². The molecule has 0 bridgehead atoms. The first-order chi connectivity index (χ1) is 10.2. The molecule has 0 heterocycles. The second kappa shape index (κ2) is 9.26. The molecule has 0 saturated carbocycles. The van der Waals surface area contributed by atoms with Crippen molar-refractivity contribution in [2.75, 3.05) is 24.9 Å². The normalized spacial score (nSPS) is 14.6. The Morgan fingerprint density at radius 2 is 2.05 bits per heavy atom. The number of hydrogen-bond acceptors (Lipinski definition) is 5. The van der Waals surface area contributed by atoms with Crippen LogP contribution in [0.5, 0.6) is 5.75 Å². The monoisotopic (exact) mass is 424 g/mol.